The molecular formula is C17H25ClO2. The van der Waals surface area contributed by atoms with E-state index in [1.54, 1.807) is 12.2 Å². The summed E-state index contributed by atoms with van der Waals surface area (Å²) in [6.45, 7) is 4.22. The van der Waals surface area contributed by atoms with Gasteiger partial charge >= 0.3 is 0 Å². The van der Waals surface area contributed by atoms with Crippen molar-refractivity contribution in [3.63, 3.8) is 0 Å². The fourth-order valence-electron chi connectivity index (χ4n) is 2.25. The molecule has 2 unspecified atom stereocenters. The molecule has 1 N–H and O–H groups in total. The van der Waals surface area contributed by atoms with Crippen LogP contribution in [0.3, 0.4) is 0 Å². The summed E-state index contributed by atoms with van der Waals surface area (Å²) >= 11 is 5.92. The van der Waals surface area contributed by atoms with Gasteiger partial charge in [0.15, 0.2) is 0 Å². The molecule has 2 atom stereocenters. The molecule has 0 radical (unpaired) electrons. The lowest BCUT2D eigenvalue weighted by Crippen LogP contribution is -2.05. The fraction of sp³-hybridized carbons (Fsp3) is 0.588. The third kappa shape index (κ3) is 5.26. The third-order valence-corrected chi connectivity index (χ3v) is 3.76. The largest absolute Gasteiger partial charge is 0.389 e. The van der Waals surface area contributed by atoms with Crippen molar-refractivity contribution >= 4 is 17.4 Å². The maximum atomic E-state index is 11.9. The van der Waals surface area contributed by atoms with Gasteiger partial charge in [0.1, 0.15) is 0 Å². The van der Waals surface area contributed by atoms with E-state index in [0.29, 0.717) is 5.03 Å². The lowest BCUT2D eigenvalue weighted by Gasteiger charge is -2.08. The molecule has 0 bridgehead atoms. The second-order valence-electron chi connectivity index (χ2n) is 5.27. The van der Waals surface area contributed by atoms with Crippen molar-refractivity contribution in [2.45, 2.75) is 58.5 Å². The Bertz CT molecular complexity index is 407. The Balaban J connectivity index is 2.62. The minimum Gasteiger partial charge on any atom is -0.389 e. The zero-order valence-electron chi connectivity index (χ0n) is 12.4. The number of carbonyl (C=O) groups excluding carboxylic acids is 1. The highest BCUT2D eigenvalue weighted by atomic mass is 35.5. The molecule has 20 heavy (non-hydrogen) atoms. The minimum atomic E-state index is -0.433. The highest BCUT2D eigenvalue weighted by molar-refractivity contribution is 6.46. The summed E-state index contributed by atoms with van der Waals surface area (Å²) in [5.74, 6) is -0.155. The second-order valence-corrected chi connectivity index (χ2v) is 5.67. The SMILES string of the molecule is CCC/C=C1\C(=O)C(Cl)=CC1/C=C/C(O)CCCCC. The van der Waals surface area contributed by atoms with Gasteiger partial charge < -0.3 is 5.11 Å². The Morgan fingerprint density at radius 1 is 1.35 bits per heavy atom. The predicted molar refractivity (Wildman–Crippen MR) is 84.7 cm³/mol. The van der Waals surface area contributed by atoms with Crippen LogP contribution in [0.15, 0.2) is 34.9 Å². The molecule has 112 valence electrons. The third-order valence-electron chi connectivity index (χ3n) is 3.46. The standard InChI is InChI=1S/C17H25ClO2/c1-3-5-7-8-14(19)11-10-13-12-16(18)17(20)15(13)9-6-4-2/h9-14,19H,3-8H2,1-2H3/b11-10+,15-9-. The number of Topliss-reactive ketones (excluding diaryl/α,β-unsaturated/α-hetero) is 1. The zero-order valence-corrected chi connectivity index (χ0v) is 13.2. The maximum Gasteiger partial charge on any atom is 0.200 e. The number of allylic oxidation sites excluding steroid dienone is 5. The Morgan fingerprint density at radius 3 is 2.75 bits per heavy atom. The van der Waals surface area contributed by atoms with Gasteiger partial charge in [0, 0.05) is 11.5 Å². The van der Waals surface area contributed by atoms with Crippen molar-refractivity contribution in [2.75, 3.05) is 0 Å². The van der Waals surface area contributed by atoms with Crippen LogP contribution in [0.5, 0.6) is 0 Å². The molecular weight excluding hydrogens is 272 g/mol. The van der Waals surface area contributed by atoms with Crippen LogP contribution in [0.2, 0.25) is 0 Å². The van der Waals surface area contributed by atoms with Crippen LogP contribution in [0.25, 0.3) is 0 Å². The van der Waals surface area contributed by atoms with Crippen molar-refractivity contribution in [2.24, 2.45) is 5.92 Å². The highest BCUT2D eigenvalue weighted by Gasteiger charge is 2.26. The number of ketones is 1. The number of rotatable bonds is 8. The molecule has 1 aliphatic rings. The molecule has 3 heteroatoms. The normalized spacial score (nSPS) is 22.8. The van der Waals surface area contributed by atoms with Crippen LogP contribution < -0.4 is 0 Å². The van der Waals surface area contributed by atoms with E-state index in [1.165, 1.54) is 0 Å². The number of halogens is 1. The summed E-state index contributed by atoms with van der Waals surface area (Å²) in [4.78, 5) is 11.9. The Morgan fingerprint density at radius 2 is 2.10 bits per heavy atom. The molecule has 0 amide bonds. The van der Waals surface area contributed by atoms with E-state index in [0.717, 1.165) is 44.1 Å². The average Bonchev–Trinajstić information content (AvgIpc) is 2.70. The summed E-state index contributed by atoms with van der Waals surface area (Å²) in [6, 6.07) is 0. The van der Waals surface area contributed by atoms with Gasteiger partial charge in [-0.3, -0.25) is 4.79 Å². The van der Waals surface area contributed by atoms with Crippen LogP contribution in [-0.4, -0.2) is 17.0 Å². The first-order valence-electron chi connectivity index (χ1n) is 7.58. The van der Waals surface area contributed by atoms with Crippen LogP contribution >= 0.6 is 11.6 Å². The summed E-state index contributed by atoms with van der Waals surface area (Å²) < 4.78 is 0. The van der Waals surface area contributed by atoms with Crippen LogP contribution in [0.1, 0.15) is 52.4 Å². The molecule has 0 aliphatic heterocycles. The number of carbonyl (C=O) groups is 1. The molecule has 0 aromatic carbocycles. The number of aliphatic hydroxyl groups is 1. The van der Waals surface area contributed by atoms with E-state index in [-0.39, 0.29) is 11.7 Å². The van der Waals surface area contributed by atoms with Gasteiger partial charge in [0.2, 0.25) is 5.78 Å². The highest BCUT2D eigenvalue weighted by Crippen LogP contribution is 2.30. The molecule has 1 aliphatic carbocycles. The van der Waals surface area contributed by atoms with Gasteiger partial charge in [-0.2, -0.15) is 0 Å². The first-order chi connectivity index (χ1) is 9.60. The quantitative estimate of drug-likeness (QED) is 0.406. The van der Waals surface area contributed by atoms with Crippen molar-refractivity contribution < 1.29 is 9.90 Å². The maximum absolute atomic E-state index is 11.9. The lowest BCUT2D eigenvalue weighted by molar-refractivity contribution is -0.111. The number of hydrogen-bond acceptors (Lipinski definition) is 2. The Kier molecular flexibility index (Phi) is 7.86. The number of aliphatic hydroxyl groups excluding tert-OH is 1. The summed E-state index contributed by atoms with van der Waals surface area (Å²) in [5, 5.41) is 10.2. The molecule has 0 saturated heterocycles. The molecule has 0 aromatic rings. The van der Waals surface area contributed by atoms with E-state index in [4.69, 9.17) is 11.6 Å². The topological polar surface area (TPSA) is 37.3 Å². The van der Waals surface area contributed by atoms with Crippen molar-refractivity contribution in [1.82, 2.24) is 0 Å². The van der Waals surface area contributed by atoms with Gasteiger partial charge in [-0.15, -0.1) is 0 Å². The van der Waals surface area contributed by atoms with Crippen LogP contribution in [0, 0.1) is 5.92 Å². The molecule has 0 saturated carbocycles. The summed E-state index contributed by atoms with van der Waals surface area (Å²) in [7, 11) is 0. The van der Waals surface area contributed by atoms with E-state index >= 15 is 0 Å². The zero-order chi connectivity index (χ0) is 15.0. The minimum absolute atomic E-state index is 0.0739. The summed E-state index contributed by atoms with van der Waals surface area (Å²) in [6.07, 6.45) is 13.0. The molecule has 0 heterocycles. The molecule has 0 aromatic heterocycles. The predicted octanol–water partition coefficient (Wildman–Crippen LogP) is 4.53. The van der Waals surface area contributed by atoms with Gasteiger partial charge in [0.25, 0.3) is 0 Å². The average molecular weight is 297 g/mol. The first kappa shape index (κ1) is 17.2. The first-order valence-corrected chi connectivity index (χ1v) is 7.96. The fourth-order valence-corrected chi connectivity index (χ4v) is 2.49. The van der Waals surface area contributed by atoms with Crippen LogP contribution in [-0.2, 0) is 4.79 Å². The van der Waals surface area contributed by atoms with Gasteiger partial charge in [0.05, 0.1) is 11.1 Å². The summed E-state index contributed by atoms with van der Waals surface area (Å²) in [5.41, 5.74) is 0.744. The Hall–Kier alpha value is -0.860. The van der Waals surface area contributed by atoms with E-state index in [9.17, 15) is 9.90 Å². The lowest BCUT2D eigenvalue weighted by atomic mass is 9.98. The van der Waals surface area contributed by atoms with E-state index in [2.05, 4.69) is 13.8 Å². The molecule has 1 rings (SSSR count). The number of hydrogen-bond donors (Lipinski definition) is 1. The van der Waals surface area contributed by atoms with Crippen molar-refractivity contribution in [3.05, 3.63) is 34.9 Å². The molecule has 2 nitrogen and oxygen atoms in total. The van der Waals surface area contributed by atoms with Gasteiger partial charge in [-0.25, -0.2) is 0 Å². The second kappa shape index (κ2) is 9.15. The Labute approximate surface area is 127 Å². The van der Waals surface area contributed by atoms with E-state index in [1.807, 2.05) is 12.2 Å². The van der Waals surface area contributed by atoms with Crippen LogP contribution in [0.4, 0.5) is 0 Å². The van der Waals surface area contributed by atoms with Gasteiger partial charge in [-0.1, -0.05) is 75.4 Å². The van der Waals surface area contributed by atoms with Gasteiger partial charge in [-0.05, 0) is 12.8 Å². The number of unbranched alkanes of at least 4 members (excludes halogenated alkanes) is 3. The van der Waals surface area contributed by atoms with Crippen molar-refractivity contribution in [3.8, 4) is 0 Å². The molecule has 0 spiro atoms. The smallest absolute Gasteiger partial charge is 0.200 e. The monoisotopic (exact) mass is 296 g/mol. The van der Waals surface area contributed by atoms with E-state index < -0.39 is 6.10 Å². The van der Waals surface area contributed by atoms with Crippen molar-refractivity contribution in [1.29, 1.82) is 0 Å². The molecule has 0 fully saturated rings.